The molecule has 2 heterocycles. The van der Waals surface area contributed by atoms with Crippen molar-refractivity contribution in [2.75, 3.05) is 41.7 Å². The van der Waals surface area contributed by atoms with Crippen LogP contribution in [-0.2, 0) is 72.4 Å². The van der Waals surface area contributed by atoms with Gasteiger partial charge in [0.1, 0.15) is 23.7 Å². The van der Waals surface area contributed by atoms with Gasteiger partial charge < -0.3 is 52.1 Å². The molecular formula is C66H80Cl3NO11. The second kappa shape index (κ2) is 31.3. The van der Waals surface area contributed by atoms with Crippen LogP contribution < -0.4 is 18.9 Å². The van der Waals surface area contributed by atoms with Crippen LogP contribution in [0.15, 0.2) is 146 Å². The van der Waals surface area contributed by atoms with Gasteiger partial charge in [-0.3, -0.25) is 5.41 Å². The number of halogens is 3. The van der Waals surface area contributed by atoms with Gasteiger partial charge in [-0.25, -0.2) is 0 Å². The average Bonchev–Trinajstić information content (AvgIpc) is 3.68. The Kier molecular flexibility index (Phi) is 24.4. The largest absolute Gasteiger partial charge is 0.496 e. The van der Waals surface area contributed by atoms with Crippen LogP contribution in [0.2, 0.25) is 0 Å². The molecule has 15 heteroatoms. The van der Waals surface area contributed by atoms with Crippen LogP contribution in [0.3, 0.4) is 0 Å². The molecule has 1 N–H and O–H groups in total. The minimum absolute atomic E-state index is 0.0472. The number of ether oxygens (including phenoxy) is 11. The molecule has 10 unspecified atom stereocenters. The lowest BCUT2D eigenvalue weighted by molar-refractivity contribution is -0.266. The summed E-state index contributed by atoms with van der Waals surface area (Å²) < 4.78 is 65.3. The lowest BCUT2D eigenvalue weighted by Crippen LogP contribution is -2.53. The van der Waals surface area contributed by atoms with Crippen molar-refractivity contribution in [3.63, 3.8) is 0 Å². The molecule has 2 saturated heterocycles. The highest BCUT2D eigenvalue weighted by Gasteiger charge is 2.47. The maximum Gasteiger partial charge on any atom is 0.265 e. The van der Waals surface area contributed by atoms with Crippen LogP contribution in [0.4, 0.5) is 0 Å². The van der Waals surface area contributed by atoms with Crippen molar-refractivity contribution in [3.8, 4) is 23.0 Å². The highest BCUT2D eigenvalue weighted by atomic mass is 35.6. The van der Waals surface area contributed by atoms with E-state index in [-0.39, 0.29) is 48.1 Å². The molecule has 0 radical (unpaired) electrons. The molecular weight excluding hydrogens is 1090 g/mol. The van der Waals surface area contributed by atoms with Crippen molar-refractivity contribution in [2.45, 2.75) is 121 Å². The normalized spacial score (nSPS) is 22.7. The number of methoxy groups -OCH3 is 4. The number of nitrogens with one attached hydrogen (secondary N) is 1. The molecule has 10 atom stereocenters. The van der Waals surface area contributed by atoms with Crippen LogP contribution in [0, 0.1) is 36.0 Å². The van der Waals surface area contributed by atoms with E-state index in [0.717, 1.165) is 81.2 Å². The van der Waals surface area contributed by atoms with Crippen LogP contribution in [0.1, 0.15) is 84.7 Å². The van der Waals surface area contributed by atoms with Gasteiger partial charge in [0.25, 0.3) is 3.79 Å². The van der Waals surface area contributed by atoms with Crippen molar-refractivity contribution in [1.29, 1.82) is 5.41 Å². The Hall–Kier alpha value is -5.38. The SMILES string of the molecule is CC1C(COCc2ccccc2)OC(OC(=N)C(Cl)(Cl)Cl)C(OCc2ccccc2)C1C.COc1ccc(CCCc2c(OC)cc(C)c(C3OC(COCc4ccccc4)C(C)C(C)C3OCc3ccccc3)c2OC)cc1OC. The van der Waals surface area contributed by atoms with E-state index < -0.39 is 22.1 Å². The van der Waals surface area contributed by atoms with Gasteiger partial charge in [-0.15, -0.1) is 0 Å². The predicted molar refractivity (Wildman–Crippen MR) is 320 cm³/mol. The van der Waals surface area contributed by atoms with Gasteiger partial charge in [-0.1, -0.05) is 190 Å². The molecule has 6 aromatic carbocycles. The van der Waals surface area contributed by atoms with E-state index in [9.17, 15) is 0 Å². The molecule has 436 valence electrons. The number of rotatable bonds is 24. The molecule has 8 rings (SSSR count). The van der Waals surface area contributed by atoms with Gasteiger partial charge >= 0.3 is 0 Å². The summed E-state index contributed by atoms with van der Waals surface area (Å²) in [6, 6.07) is 48.5. The van der Waals surface area contributed by atoms with E-state index >= 15 is 0 Å². The predicted octanol–water partition coefficient (Wildman–Crippen LogP) is 14.9. The Balaban J connectivity index is 0.000000256. The summed E-state index contributed by atoms with van der Waals surface area (Å²) in [5, 5.41) is 8.01. The Labute approximate surface area is 495 Å². The number of hydrogen-bond acceptors (Lipinski definition) is 12. The summed E-state index contributed by atoms with van der Waals surface area (Å²) in [4.78, 5) is 0. The fourth-order valence-corrected chi connectivity index (χ4v) is 10.7. The summed E-state index contributed by atoms with van der Waals surface area (Å²) in [5.74, 6) is 3.12. The summed E-state index contributed by atoms with van der Waals surface area (Å²) in [6.07, 6.45) is 0.167. The number of benzene rings is 6. The van der Waals surface area contributed by atoms with Crippen LogP contribution in [0.25, 0.3) is 0 Å². The van der Waals surface area contributed by atoms with Crippen molar-refractivity contribution in [2.24, 2.45) is 23.7 Å². The summed E-state index contributed by atoms with van der Waals surface area (Å²) >= 11 is 17.5. The zero-order valence-electron chi connectivity index (χ0n) is 48.1. The minimum Gasteiger partial charge on any atom is -0.496 e. The third-order valence-corrected chi connectivity index (χ3v) is 16.1. The molecule has 0 saturated carbocycles. The molecule has 6 aromatic rings. The number of alkyl halides is 3. The zero-order chi connectivity index (χ0) is 57.9. The lowest BCUT2D eigenvalue weighted by Gasteiger charge is -2.45. The highest BCUT2D eigenvalue weighted by Crippen LogP contribution is 2.48. The van der Waals surface area contributed by atoms with Crippen LogP contribution in [0.5, 0.6) is 23.0 Å². The quantitative estimate of drug-likeness (QED) is 0.0354. The lowest BCUT2D eigenvalue weighted by atomic mass is 9.78. The Morgan fingerprint density at radius 2 is 0.975 bits per heavy atom. The van der Waals surface area contributed by atoms with Crippen molar-refractivity contribution in [3.05, 3.63) is 190 Å². The molecule has 0 spiro atoms. The molecule has 0 amide bonds. The van der Waals surface area contributed by atoms with Gasteiger partial charge in [0.2, 0.25) is 12.2 Å². The minimum atomic E-state index is -1.99. The zero-order valence-corrected chi connectivity index (χ0v) is 50.4. The van der Waals surface area contributed by atoms with Crippen molar-refractivity contribution in [1.82, 2.24) is 0 Å². The summed E-state index contributed by atoms with van der Waals surface area (Å²) in [6.45, 7) is 13.5. The third kappa shape index (κ3) is 17.6. The molecule has 81 heavy (non-hydrogen) atoms. The molecule has 12 nitrogen and oxygen atoms in total. The molecule has 0 aromatic heterocycles. The van der Waals surface area contributed by atoms with E-state index in [4.69, 9.17) is 92.3 Å². The average molecular weight is 1170 g/mol. The summed E-state index contributed by atoms with van der Waals surface area (Å²) in [5.41, 5.74) is 8.63. The Morgan fingerprint density at radius 1 is 0.506 bits per heavy atom. The highest BCUT2D eigenvalue weighted by molar-refractivity contribution is 6.76. The van der Waals surface area contributed by atoms with Crippen molar-refractivity contribution < 1.29 is 52.1 Å². The van der Waals surface area contributed by atoms with E-state index in [1.54, 1.807) is 28.4 Å². The van der Waals surface area contributed by atoms with Crippen molar-refractivity contribution >= 4 is 40.7 Å². The van der Waals surface area contributed by atoms with Gasteiger partial charge in [-0.05, 0) is 101 Å². The first-order chi connectivity index (χ1) is 39.1. The van der Waals surface area contributed by atoms with Gasteiger partial charge in [0.15, 0.2) is 11.5 Å². The van der Waals surface area contributed by atoms with E-state index in [2.05, 4.69) is 71.0 Å². The van der Waals surface area contributed by atoms with Crippen LogP contribution >= 0.6 is 34.8 Å². The molecule has 2 aliphatic rings. The Bertz CT molecular complexity index is 2820. The van der Waals surface area contributed by atoms with Gasteiger partial charge in [0, 0.05) is 11.1 Å². The smallest absolute Gasteiger partial charge is 0.265 e. The first-order valence-electron chi connectivity index (χ1n) is 27.8. The van der Waals surface area contributed by atoms with E-state index in [1.165, 1.54) is 5.56 Å². The maximum absolute atomic E-state index is 8.01. The Morgan fingerprint density at radius 3 is 1.46 bits per heavy atom. The van der Waals surface area contributed by atoms with E-state index in [1.807, 2.05) is 109 Å². The fraction of sp³-hybridized carbons (Fsp3) is 0.439. The monoisotopic (exact) mass is 1170 g/mol. The third-order valence-electron chi connectivity index (χ3n) is 15.6. The standard InChI is InChI=1S/C42H52O7.C24H28Cl3NO4/c1-28-23-36(44-5)34(20-14-19-31-21-22-35(43-4)37(24-31)45-6)41(46-7)39(28)42-40(48-26-33-17-12-9-13-18-33)30(3)29(2)38(49-42)27-47-25-32-15-10-8-11-16-32;1-16-17(2)21(30-14-19-11-7-4-8-12-19)22(32-23(28)24(25,26)27)31-20(16)15-29-13-18-9-5-3-6-10-18/h8-13,15-18,21-24,29-30,38,40,42H,14,19-20,25-27H2,1-7H3;3-12,16-17,20-22,28H,13-15H2,1-2H3. The maximum atomic E-state index is 8.01. The second-order valence-corrected chi connectivity index (χ2v) is 23.2. The first kappa shape index (κ1) is 63.2. The molecule has 0 aliphatic carbocycles. The topological polar surface area (TPSA) is 125 Å². The second-order valence-electron chi connectivity index (χ2n) is 20.9. The van der Waals surface area contributed by atoms with Gasteiger partial charge in [-0.2, -0.15) is 0 Å². The number of aryl methyl sites for hydroxylation is 2. The first-order valence-corrected chi connectivity index (χ1v) is 28.9. The van der Waals surface area contributed by atoms with Crippen LogP contribution in [-0.4, -0.2) is 82.0 Å². The number of hydrogen-bond donors (Lipinski definition) is 1. The van der Waals surface area contributed by atoms with Gasteiger partial charge in [0.05, 0.1) is 86.4 Å². The molecule has 0 bridgehead atoms. The molecule has 2 fully saturated rings. The molecule has 2 aliphatic heterocycles. The fourth-order valence-electron chi connectivity index (χ4n) is 10.5. The van der Waals surface area contributed by atoms with E-state index in [0.29, 0.717) is 39.6 Å². The summed E-state index contributed by atoms with van der Waals surface area (Å²) in [7, 11) is 6.78.